The molecule has 0 saturated heterocycles. The minimum absolute atomic E-state index is 0.317. The number of halogens is 2. The third-order valence-electron chi connectivity index (χ3n) is 1.89. The highest BCUT2D eigenvalue weighted by atomic mass is 35.5. The van der Waals surface area contributed by atoms with Gasteiger partial charge in [-0.05, 0) is 18.2 Å². The van der Waals surface area contributed by atoms with E-state index in [9.17, 15) is 0 Å². The van der Waals surface area contributed by atoms with Crippen molar-refractivity contribution in [2.75, 3.05) is 5.88 Å². The van der Waals surface area contributed by atoms with E-state index in [-0.39, 0.29) is 0 Å². The number of alkyl halides is 1. The van der Waals surface area contributed by atoms with Crippen LogP contribution in [0.1, 0.15) is 5.56 Å². The van der Waals surface area contributed by atoms with Gasteiger partial charge in [0.25, 0.3) is 0 Å². The molecule has 0 atom stereocenters. The summed E-state index contributed by atoms with van der Waals surface area (Å²) in [5.41, 5.74) is 1.67. The molecule has 1 aromatic carbocycles. The Balaban J connectivity index is 2.59. The second kappa shape index (κ2) is 4.48. The molecule has 15 heavy (non-hydrogen) atoms. The lowest BCUT2D eigenvalue weighted by atomic mass is 10.1. The Morgan fingerprint density at radius 2 is 2.13 bits per heavy atom. The Kier molecular flexibility index (Phi) is 3.05. The summed E-state index contributed by atoms with van der Waals surface area (Å²) in [6, 6.07) is 5.60. The monoisotopic (exact) mass is 236 g/mol. The van der Waals surface area contributed by atoms with Crippen molar-refractivity contribution in [2.45, 2.75) is 0 Å². The van der Waals surface area contributed by atoms with E-state index in [0.29, 0.717) is 11.0 Å². The minimum atomic E-state index is 0.317. The molecule has 0 N–H and O–H groups in total. The molecule has 74 valence electrons. The van der Waals surface area contributed by atoms with E-state index in [1.807, 2.05) is 18.2 Å². The third kappa shape index (κ3) is 2.20. The molecule has 0 bridgehead atoms. The van der Waals surface area contributed by atoms with E-state index in [2.05, 4.69) is 21.8 Å². The Bertz CT molecular complexity index is 555. The van der Waals surface area contributed by atoms with Gasteiger partial charge < -0.3 is 0 Å². The number of hydrogen-bond acceptors (Lipinski definition) is 2. The summed E-state index contributed by atoms with van der Waals surface area (Å²) in [7, 11) is 0. The maximum atomic E-state index is 5.94. The number of nitrogens with zero attached hydrogens (tertiary/aromatic N) is 2. The van der Waals surface area contributed by atoms with Crippen LogP contribution in [0.15, 0.2) is 24.5 Å². The fourth-order valence-electron chi connectivity index (χ4n) is 1.24. The topological polar surface area (TPSA) is 25.8 Å². The fraction of sp³-hybridized carbons (Fsp3) is 0.0909. The van der Waals surface area contributed by atoms with Gasteiger partial charge in [0.05, 0.1) is 11.4 Å². The predicted molar refractivity (Wildman–Crippen MR) is 62.1 cm³/mol. The highest BCUT2D eigenvalue weighted by Crippen LogP contribution is 2.19. The maximum Gasteiger partial charge on any atom is 0.140 e. The number of hydrogen-bond donors (Lipinski definition) is 0. The van der Waals surface area contributed by atoms with E-state index in [4.69, 9.17) is 23.2 Å². The van der Waals surface area contributed by atoms with Gasteiger partial charge in [-0.2, -0.15) is 0 Å². The standard InChI is InChI=1S/C11H6Cl2N2/c12-5-1-2-8-3-4-10-9(6-8)11(13)15-7-14-10/h3-4,6-7H,5H2. The molecule has 0 spiro atoms. The van der Waals surface area contributed by atoms with Crippen LogP contribution in [-0.2, 0) is 0 Å². The Hall–Kier alpha value is -1.30. The molecule has 0 unspecified atom stereocenters. The minimum Gasteiger partial charge on any atom is -0.236 e. The summed E-state index contributed by atoms with van der Waals surface area (Å²) >= 11 is 11.4. The van der Waals surface area contributed by atoms with Crippen molar-refractivity contribution in [1.29, 1.82) is 0 Å². The van der Waals surface area contributed by atoms with E-state index in [1.54, 1.807) is 0 Å². The average Bonchev–Trinajstić information content (AvgIpc) is 2.27. The third-order valence-corrected chi connectivity index (χ3v) is 2.32. The van der Waals surface area contributed by atoms with Crippen LogP contribution in [0.5, 0.6) is 0 Å². The second-order valence-corrected chi connectivity index (χ2v) is 3.46. The summed E-state index contributed by atoms with van der Waals surface area (Å²) in [6.45, 7) is 0. The van der Waals surface area contributed by atoms with Crippen LogP contribution in [0.2, 0.25) is 5.15 Å². The molecule has 0 aliphatic carbocycles. The van der Waals surface area contributed by atoms with E-state index in [0.717, 1.165) is 16.5 Å². The van der Waals surface area contributed by atoms with Crippen LogP contribution in [0.4, 0.5) is 0 Å². The Morgan fingerprint density at radius 1 is 1.27 bits per heavy atom. The van der Waals surface area contributed by atoms with Gasteiger partial charge in [-0.3, -0.25) is 0 Å². The second-order valence-electron chi connectivity index (χ2n) is 2.83. The molecule has 2 aromatic rings. The van der Waals surface area contributed by atoms with Crippen LogP contribution in [0, 0.1) is 11.8 Å². The van der Waals surface area contributed by atoms with Crippen molar-refractivity contribution in [3.05, 3.63) is 35.2 Å². The molecular formula is C11H6Cl2N2. The lowest BCUT2D eigenvalue weighted by molar-refractivity contribution is 1.22. The SMILES string of the molecule is ClCC#Cc1ccc2ncnc(Cl)c2c1. The van der Waals surface area contributed by atoms with Crippen molar-refractivity contribution in [3.63, 3.8) is 0 Å². The quantitative estimate of drug-likeness (QED) is 0.400. The molecule has 4 heteroatoms. The summed E-state index contributed by atoms with van der Waals surface area (Å²) in [5.74, 6) is 6.01. The lowest BCUT2D eigenvalue weighted by Gasteiger charge is -1.98. The largest absolute Gasteiger partial charge is 0.236 e. The van der Waals surface area contributed by atoms with Gasteiger partial charge in [0.15, 0.2) is 0 Å². The molecule has 0 amide bonds. The number of rotatable bonds is 0. The van der Waals surface area contributed by atoms with Gasteiger partial charge in [-0.25, -0.2) is 9.97 Å². The Labute approximate surface area is 97.3 Å². The molecule has 0 fully saturated rings. The maximum absolute atomic E-state index is 5.94. The molecule has 0 saturated carbocycles. The van der Waals surface area contributed by atoms with E-state index in [1.165, 1.54) is 6.33 Å². The molecule has 0 aliphatic heterocycles. The highest BCUT2D eigenvalue weighted by Gasteiger charge is 2.00. The van der Waals surface area contributed by atoms with Gasteiger partial charge in [0, 0.05) is 10.9 Å². The molecular weight excluding hydrogens is 231 g/mol. The summed E-state index contributed by atoms with van der Waals surface area (Å²) in [4.78, 5) is 8.00. The Morgan fingerprint density at radius 3 is 2.93 bits per heavy atom. The van der Waals surface area contributed by atoms with Crippen LogP contribution >= 0.6 is 23.2 Å². The number of fused-ring (bicyclic) bond motifs is 1. The van der Waals surface area contributed by atoms with Crippen molar-refractivity contribution >= 4 is 34.1 Å². The van der Waals surface area contributed by atoms with E-state index < -0.39 is 0 Å². The number of benzene rings is 1. The van der Waals surface area contributed by atoms with Gasteiger partial charge in [-0.15, -0.1) is 11.6 Å². The molecule has 2 rings (SSSR count). The smallest absolute Gasteiger partial charge is 0.140 e. The molecule has 0 aliphatic rings. The van der Waals surface area contributed by atoms with Gasteiger partial charge in [-0.1, -0.05) is 23.4 Å². The molecule has 1 aromatic heterocycles. The van der Waals surface area contributed by atoms with Gasteiger partial charge >= 0.3 is 0 Å². The van der Waals surface area contributed by atoms with Crippen LogP contribution in [0.25, 0.3) is 10.9 Å². The first-order chi connectivity index (χ1) is 7.31. The summed E-state index contributed by atoms with van der Waals surface area (Å²) in [6.07, 6.45) is 1.44. The lowest BCUT2D eigenvalue weighted by Crippen LogP contribution is -1.84. The van der Waals surface area contributed by atoms with E-state index >= 15 is 0 Å². The molecule has 0 radical (unpaired) electrons. The van der Waals surface area contributed by atoms with Crippen molar-refractivity contribution < 1.29 is 0 Å². The van der Waals surface area contributed by atoms with Crippen LogP contribution in [0.3, 0.4) is 0 Å². The normalized spacial score (nSPS) is 9.73. The zero-order valence-electron chi connectivity index (χ0n) is 7.67. The van der Waals surface area contributed by atoms with Crippen molar-refractivity contribution in [1.82, 2.24) is 9.97 Å². The van der Waals surface area contributed by atoms with Crippen molar-refractivity contribution in [2.24, 2.45) is 0 Å². The predicted octanol–water partition coefficient (Wildman–Crippen LogP) is 2.87. The summed E-state index contributed by atoms with van der Waals surface area (Å²) < 4.78 is 0. The van der Waals surface area contributed by atoms with Gasteiger partial charge in [0.1, 0.15) is 11.5 Å². The first-order valence-corrected chi connectivity index (χ1v) is 5.17. The zero-order chi connectivity index (χ0) is 10.7. The highest BCUT2D eigenvalue weighted by molar-refractivity contribution is 6.34. The van der Waals surface area contributed by atoms with Crippen LogP contribution < -0.4 is 0 Å². The summed E-state index contributed by atoms with van der Waals surface area (Å²) in [5, 5.41) is 1.25. The molecule has 1 heterocycles. The van der Waals surface area contributed by atoms with Gasteiger partial charge in [0.2, 0.25) is 0 Å². The average molecular weight is 237 g/mol. The first-order valence-electron chi connectivity index (χ1n) is 4.26. The number of aromatic nitrogens is 2. The molecule has 2 nitrogen and oxygen atoms in total. The van der Waals surface area contributed by atoms with Crippen LogP contribution in [-0.4, -0.2) is 15.8 Å². The zero-order valence-corrected chi connectivity index (χ0v) is 9.18. The first kappa shape index (κ1) is 10.2. The van der Waals surface area contributed by atoms with Crippen molar-refractivity contribution in [3.8, 4) is 11.8 Å². The fourth-order valence-corrected chi connectivity index (χ4v) is 1.50.